The molecule has 0 amide bonds. The largest absolute Gasteiger partial charge is 0.465 e. The first-order valence-corrected chi connectivity index (χ1v) is 4.13. The van der Waals surface area contributed by atoms with Gasteiger partial charge in [-0.3, -0.25) is 4.79 Å². The van der Waals surface area contributed by atoms with Crippen molar-refractivity contribution in [1.29, 1.82) is 0 Å². The van der Waals surface area contributed by atoms with E-state index in [1.165, 1.54) is 6.92 Å². The quantitative estimate of drug-likeness (QED) is 0.526. The molecule has 0 saturated heterocycles. The molecule has 0 aromatic carbocycles. The zero-order valence-electron chi connectivity index (χ0n) is 8.15. The number of halogens is 3. The van der Waals surface area contributed by atoms with Crippen LogP contribution < -0.4 is 0 Å². The Kier molecular flexibility index (Phi) is 4.16. The van der Waals surface area contributed by atoms with Gasteiger partial charge in [0.2, 0.25) is 0 Å². The van der Waals surface area contributed by atoms with Gasteiger partial charge in [-0.1, -0.05) is 6.08 Å². The fraction of sp³-hybridized carbons (Fsp3) is 0.667. The van der Waals surface area contributed by atoms with Crippen molar-refractivity contribution in [2.45, 2.75) is 26.4 Å². The minimum absolute atomic E-state index is 0.0557. The predicted octanol–water partition coefficient (Wildman–Crippen LogP) is 2.69. The lowest BCUT2D eigenvalue weighted by Crippen LogP contribution is -2.33. The summed E-state index contributed by atoms with van der Waals surface area (Å²) in [7, 11) is 0. The average Bonchev–Trinajstić information content (AvgIpc) is 2.01. The van der Waals surface area contributed by atoms with Crippen LogP contribution in [0, 0.1) is 5.41 Å². The molecule has 1 atom stereocenters. The fourth-order valence-corrected chi connectivity index (χ4v) is 0.940. The van der Waals surface area contributed by atoms with Gasteiger partial charge in [0.1, 0.15) is 0 Å². The van der Waals surface area contributed by atoms with E-state index < -0.39 is 24.0 Å². The molecule has 0 spiro atoms. The van der Waals surface area contributed by atoms with Crippen LogP contribution in [0.2, 0.25) is 0 Å². The molecular weight excluding hydrogens is 197 g/mol. The third-order valence-electron chi connectivity index (χ3n) is 1.76. The molecule has 82 valence electrons. The molecule has 0 rings (SSSR count). The van der Waals surface area contributed by atoms with Gasteiger partial charge in [-0.2, -0.15) is 13.2 Å². The van der Waals surface area contributed by atoms with E-state index >= 15 is 0 Å². The average molecular weight is 210 g/mol. The second-order valence-corrected chi connectivity index (χ2v) is 3.13. The Labute approximate surface area is 80.7 Å². The molecule has 0 heterocycles. The van der Waals surface area contributed by atoms with Crippen LogP contribution in [0.5, 0.6) is 0 Å². The molecule has 0 aromatic heterocycles. The van der Waals surface area contributed by atoms with Gasteiger partial charge < -0.3 is 4.74 Å². The number of esters is 1. The smallest absolute Gasteiger partial charge is 0.390 e. The molecule has 1 unspecified atom stereocenters. The van der Waals surface area contributed by atoms with Gasteiger partial charge in [-0.25, -0.2) is 0 Å². The monoisotopic (exact) mass is 210 g/mol. The van der Waals surface area contributed by atoms with E-state index in [9.17, 15) is 18.0 Å². The van der Waals surface area contributed by atoms with Gasteiger partial charge in [0.15, 0.2) is 0 Å². The molecule has 0 radical (unpaired) electrons. The summed E-state index contributed by atoms with van der Waals surface area (Å²) in [5.74, 6) is -0.896. The predicted molar refractivity (Wildman–Crippen MR) is 45.6 cm³/mol. The Morgan fingerprint density at radius 1 is 1.50 bits per heavy atom. The van der Waals surface area contributed by atoms with Gasteiger partial charge >= 0.3 is 12.1 Å². The number of alkyl halides is 3. The number of ether oxygens (including phenoxy) is 1. The number of rotatable bonds is 4. The van der Waals surface area contributed by atoms with Crippen molar-refractivity contribution in [2.24, 2.45) is 5.41 Å². The molecule has 2 nitrogen and oxygen atoms in total. The maximum Gasteiger partial charge on any atom is 0.390 e. The fourth-order valence-electron chi connectivity index (χ4n) is 0.940. The van der Waals surface area contributed by atoms with Gasteiger partial charge in [0.05, 0.1) is 18.4 Å². The SMILES string of the molecule is C=CC(C)(CC(F)(F)F)C(=O)OCC. The third kappa shape index (κ3) is 3.81. The molecule has 0 N–H and O–H groups in total. The van der Waals surface area contributed by atoms with Crippen molar-refractivity contribution < 1.29 is 22.7 Å². The Morgan fingerprint density at radius 3 is 2.29 bits per heavy atom. The molecule has 0 aliphatic heterocycles. The highest BCUT2D eigenvalue weighted by Crippen LogP contribution is 2.35. The molecule has 0 bridgehead atoms. The first-order valence-electron chi connectivity index (χ1n) is 4.13. The minimum Gasteiger partial charge on any atom is -0.465 e. The molecular formula is C9H13F3O2. The lowest BCUT2D eigenvalue weighted by molar-refractivity contribution is -0.174. The summed E-state index contributed by atoms with van der Waals surface area (Å²) in [6.45, 7) is 5.97. The Hall–Kier alpha value is -1.00. The summed E-state index contributed by atoms with van der Waals surface area (Å²) in [4.78, 5) is 11.2. The van der Waals surface area contributed by atoms with Crippen molar-refractivity contribution in [3.05, 3.63) is 12.7 Å². The number of carbonyl (C=O) groups is 1. The molecule has 0 aliphatic rings. The Balaban J connectivity index is 4.63. The zero-order valence-corrected chi connectivity index (χ0v) is 8.15. The summed E-state index contributed by atoms with van der Waals surface area (Å²) >= 11 is 0. The first kappa shape index (κ1) is 13.0. The topological polar surface area (TPSA) is 26.3 Å². The van der Waals surface area contributed by atoms with E-state index in [0.717, 1.165) is 13.0 Å². The van der Waals surface area contributed by atoms with Crippen LogP contribution in [-0.4, -0.2) is 18.8 Å². The van der Waals surface area contributed by atoms with Gasteiger partial charge in [-0.15, -0.1) is 6.58 Å². The van der Waals surface area contributed by atoms with E-state index in [0.29, 0.717) is 0 Å². The van der Waals surface area contributed by atoms with Crippen molar-refractivity contribution in [3.8, 4) is 0 Å². The van der Waals surface area contributed by atoms with E-state index in [-0.39, 0.29) is 6.61 Å². The first-order chi connectivity index (χ1) is 6.25. The van der Waals surface area contributed by atoms with Crippen molar-refractivity contribution in [1.82, 2.24) is 0 Å². The standard InChI is InChI=1S/C9H13F3O2/c1-4-8(3,6-9(10,11)12)7(13)14-5-2/h4H,1,5-6H2,2-3H3. The third-order valence-corrected chi connectivity index (χ3v) is 1.76. The summed E-state index contributed by atoms with van der Waals surface area (Å²) in [6, 6.07) is 0. The van der Waals surface area contributed by atoms with E-state index in [1.54, 1.807) is 0 Å². The molecule has 0 fully saturated rings. The van der Waals surface area contributed by atoms with Crippen molar-refractivity contribution >= 4 is 5.97 Å². The maximum atomic E-state index is 12.1. The zero-order chi connectivity index (χ0) is 11.4. The van der Waals surface area contributed by atoms with E-state index in [1.807, 2.05) is 0 Å². The molecule has 0 aliphatic carbocycles. The summed E-state index contributed by atoms with van der Waals surface area (Å²) in [5.41, 5.74) is -1.69. The van der Waals surface area contributed by atoms with Crippen molar-refractivity contribution in [3.63, 3.8) is 0 Å². The van der Waals surface area contributed by atoms with Crippen LogP contribution in [0.25, 0.3) is 0 Å². The molecule has 0 saturated carbocycles. The van der Waals surface area contributed by atoms with Crippen LogP contribution in [0.4, 0.5) is 13.2 Å². The van der Waals surface area contributed by atoms with Crippen LogP contribution in [0.3, 0.4) is 0 Å². The second-order valence-electron chi connectivity index (χ2n) is 3.13. The molecule has 0 aromatic rings. The molecule has 14 heavy (non-hydrogen) atoms. The highest BCUT2D eigenvalue weighted by molar-refractivity contribution is 5.78. The van der Waals surface area contributed by atoms with E-state index in [4.69, 9.17) is 0 Å². The summed E-state index contributed by atoms with van der Waals surface area (Å²) in [6.07, 6.45) is -4.68. The highest BCUT2D eigenvalue weighted by Gasteiger charge is 2.43. The Morgan fingerprint density at radius 2 is 2.00 bits per heavy atom. The second kappa shape index (κ2) is 4.48. The Bertz CT molecular complexity index is 223. The normalized spacial score (nSPS) is 15.8. The van der Waals surface area contributed by atoms with Crippen LogP contribution in [0.15, 0.2) is 12.7 Å². The highest BCUT2D eigenvalue weighted by atomic mass is 19.4. The van der Waals surface area contributed by atoms with Crippen LogP contribution in [-0.2, 0) is 9.53 Å². The van der Waals surface area contributed by atoms with Crippen LogP contribution >= 0.6 is 0 Å². The number of hydrogen-bond donors (Lipinski definition) is 0. The molecule has 5 heteroatoms. The lowest BCUT2D eigenvalue weighted by atomic mass is 9.87. The van der Waals surface area contributed by atoms with Gasteiger partial charge in [0, 0.05) is 0 Å². The maximum absolute atomic E-state index is 12.1. The van der Waals surface area contributed by atoms with Crippen LogP contribution in [0.1, 0.15) is 20.3 Å². The minimum atomic E-state index is -4.41. The van der Waals surface area contributed by atoms with Gasteiger partial charge in [-0.05, 0) is 13.8 Å². The lowest BCUT2D eigenvalue weighted by Gasteiger charge is -2.24. The summed E-state index contributed by atoms with van der Waals surface area (Å²) in [5, 5.41) is 0. The van der Waals surface area contributed by atoms with E-state index in [2.05, 4.69) is 11.3 Å². The number of hydrogen-bond acceptors (Lipinski definition) is 2. The number of carbonyl (C=O) groups excluding carboxylic acids is 1. The van der Waals surface area contributed by atoms with Crippen molar-refractivity contribution in [2.75, 3.05) is 6.61 Å². The van der Waals surface area contributed by atoms with Gasteiger partial charge in [0.25, 0.3) is 0 Å². The summed E-state index contributed by atoms with van der Waals surface area (Å²) < 4.78 is 40.8.